The molecule has 8 heteroatoms. The van der Waals surface area contributed by atoms with Crippen molar-refractivity contribution in [2.45, 2.75) is 18.7 Å². The van der Waals surface area contributed by atoms with Gasteiger partial charge in [0.1, 0.15) is 0 Å². The molecule has 1 amide bonds. The molecule has 0 saturated heterocycles. The number of esters is 1. The van der Waals surface area contributed by atoms with Crippen LogP contribution >= 0.6 is 0 Å². The minimum Gasteiger partial charge on any atom is -0.452 e. The summed E-state index contributed by atoms with van der Waals surface area (Å²) in [7, 11) is -3.90. The zero-order chi connectivity index (χ0) is 21.4. The summed E-state index contributed by atoms with van der Waals surface area (Å²) in [6, 6.07) is 13.0. The van der Waals surface area contributed by atoms with Gasteiger partial charge in [0.25, 0.3) is 15.9 Å². The van der Waals surface area contributed by atoms with E-state index in [0.717, 1.165) is 0 Å². The van der Waals surface area contributed by atoms with Gasteiger partial charge in [-0.3, -0.25) is 9.10 Å². The SMILES string of the molecule is C=CCNC(=O)COC(=O)c1ccc(C)c(S(=O)(=O)N(CC)c2ccccc2)c1. The average molecular weight is 416 g/mol. The van der Waals surface area contributed by atoms with Crippen molar-refractivity contribution in [3.63, 3.8) is 0 Å². The highest BCUT2D eigenvalue weighted by atomic mass is 32.2. The summed E-state index contributed by atoms with van der Waals surface area (Å²) >= 11 is 0. The van der Waals surface area contributed by atoms with Crippen molar-refractivity contribution in [3.8, 4) is 0 Å². The average Bonchev–Trinajstić information content (AvgIpc) is 2.71. The van der Waals surface area contributed by atoms with E-state index in [-0.39, 0.29) is 23.5 Å². The quantitative estimate of drug-likeness (QED) is 0.501. The maximum Gasteiger partial charge on any atom is 0.338 e. The monoisotopic (exact) mass is 416 g/mol. The fourth-order valence-electron chi connectivity index (χ4n) is 2.66. The van der Waals surface area contributed by atoms with E-state index in [9.17, 15) is 18.0 Å². The van der Waals surface area contributed by atoms with Gasteiger partial charge >= 0.3 is 5.97 Å². The Bertz CT molecular complexity index is 987. The van der Waals surface area contributed by atoms with Crippen LogP contribution in [0.15, 0.2) is 66.1 Å². The van der Waals surface area contributed by atoms with Crippen molar-refractivity contribution < 1.29 is 22.7 Å². The lowest BCUT2D eigenvalue weighted by Gasteiger charge is -2.24. The number of carbonyl (C=O) groups is 2. The minimum absolute atomic E-state index is 0.00811. The number of sulfonamides is 1. The Balaban J connectivity index is 2.28. The van der Waals surface area contributed by atoms with Gasteiger partial charge in [0.2, 0.25) is 0 Å². The van der Waals surface area contributed by atoms with Crippen molar-refractivity contribution in [2.24, 2.45) is 0 Å². The van der Waals surface area contributed by atoms with E-state index in [1.807, 2.05) is 0 Å². The fourth-order valence-corrected chi connectivity index (χ4v) is 4.39. The number of anilines is 1. The first-order valence-electron chi connectivity index (χ1n) is 9.04. The van der Waals surface area contributed by atoms with Gasteiger partial charge in [-0.15, -0.1) is 6.58 Å². The van der Waals surface area contributed by atoms with Crippen molar-refractivity contribution in [1.82, 2.24) is 5.32 Å². The molecule has 0 aliphatic carbocycles. The maximum atomic E-state index is 13.2. The Morgan fingerprint density at radius 1 is 1.17 bits per heavy atom. The van der Waals surface area contributed by atoms with Gasteiger partial charge in [0.15, 0.2) is 6.61 Å². The second-order valence-electron chi connectivity index (χ2n) is 6.15. The van der Waals surface area contributed by atoms with Crippen LogP contribution in [0.2, 0.25) is 0 Å². The number of hydrogen-bond donors (Lipinski definition) is 1. The van der Waals surface area contributed by atoms with Crippen LogP contribution in [0.3, 0.4) is 0 Å². The lowest BCUT2D eigenvalue weighted by atomic mass is 10.1. The summed E-state index contributed by atoms with van der Waals surface area (Å²) in [6.45, 7) is 6.89. The molecule has 0 fully saturated rings. The first-order chi connectivity index (χ1) is 13.8. The van der Waals surface area contributed by atoms with Crippen LogP contribution in [0.5, 0.6) is 0 Å². The third-order valence-electron chi connectivity index (χ3n) is 4.10. The Morgan fingerprint density at radius 2 is 1.86 bits per heavy atom. The molecule has 2 rings (SSSR count). The Morgan fingerprint density at radius 3 is 2.48 bits per heavy atom. The maximum absolute atomic E-state index is 13.2. The molecule has 0 aliphatic rings. The number of rotatable bonds is 9. The smallest absolute Gasteiger partial charge is 0.338 e. The van der Waals surface area contributed by atoms with Gasteiger partial charge in [-0.25, -0.2) is 13.2 Å². The van der Waals surface area contributed by atoms with Gasteiger partial charge in [0.05, 0.1) is 16.1 Å². The molecule has 0 unspecified atom stereocenters. The summed E-state index contributed by atoms with van der Waals surface area (Å²) in [4.78, 5) is 23.9. The summed E-state index contributed by atoms with van der Waals surface area (Å²) < 4.78 is 32.7. The molecular formula is C21H24N2O5S. The van der Waals surface area contributed by atoms with E-state index in [1.165, 1.54) is 22.5 Å². The molecule has 7 nitrogen and oxygen atoms in total. The van der Waals surface area contributed by atoms with Gasteiger partial charge < -0.3 is 10.1 Å². The van der Waals surface area contributed by atoms with E-state index in [4.69, 9.17) is 4.74 Å². The normalized spacial score (nSPS) is 10.8. The van der Waals surface area contributed by atoms with Gasteiger partial charge in [-0.1, -0.05) is 30.3 Å². The number of benzene rings is 2. The van der Waals surface area contributed by atoms with Crippen molar-refractivity contribution in [1.29, 1.82) is 0 Å². The van der Waals surface area contributed by atoms with E-state index >= 15 is 0 Å². The number of ether oxygens (including phenoxy) is 1. The summed E-state index contributed by atoms with van der Waals surface area (Å²) in [5, 5.41) is 2.49. The highest BCUT2D eigenvalue weighted by molar-refractivity contribution is 7.92. The number of amides is 1. The Kier molecular flexibility index (Phi) is 7.55. The standard InChI is InChI=1S/C21H24N2O5S/c1-4-13-22-20(24)15-28-21(25)17-12-11-16(3)19(14-17)29(26,27)23(5-2)18-9-7-6-8-10-18/h4,6-12,14H,1,5,13,15H2,2-3H3,(H,22,24). The summed E-state index contributed by atoms with van der Waals surface area (Å²) in [5.41, 5.74) is 1.08. The Labute approximate surface area is 171 Å². The molecule has 0 atom stereocenters. The zero-order valence-corrected chi connectivity index (χ0v) is 17.2. The number of para-hydroxylation sites is 1. The molecular weight excluding hydrogens is 392 g/mol. The third kappa shape index (κ3) is 5.45. The van der Waals surface area contributed by atoms with Crippen LogP contribution in [0.1, 0.15) is 22.8 Å². The highest BCUT2D eigenvalue weighted by Gasteiger charge is 2.26. The van der Waals surface area contributed by atoms with Crippen LogP contribution in [-0.4, -0.2) is 40.0 Å². The van der Waals surface area contributed by atoms with E-state index < -0.39 is 28.5 Å². The van der Waals surface area contributed by atoms with Crippen molar-refractivity contribution in [2.75, 3.05) is 24.0 Å². The second-order valence-corrected chi connectivity index (χ2v) is 7.99. The van der Waals surface area contributed by atoms with Crippen molar-refractivity contribution >= 4 is 27.6 Å². The second kappa shape index (κ2) is 9.88. The molecule has 0 heterocycles. The predicted molar refractivity (Wildman–Crippen MR) is 111 cm³/mol. The van der Waals surface area contributed by atoms with Gasteiger partial charge in [-0.05, 0) is 43.7 Å². The van der Waals surface area contributed by atoms with Crippen LogP contribution in [0, 0.1) is 6.92 Å². The van der Waals surface area contributed by atoms with E-state index in [1.54, 1.807) is 50.2 Å². The molecule has 1 N–H and O–H groups in total. The summed E-state index contributed by atoms with van der Waals surface area (Å²) in [6.07, 6.45) is 1.50. The number of nitrogens with zero attached hydrogens (tertiary/aromatic N) is 1. The highest BCUT2D eigenvalue weighted by Crippen LogP contribution is 2.26. The largest absolute Gasteiger partial charge is 0.452 e. The van der Waals surface area contributed by atoms with Gasteiger partial charge in [-0.2, -0.15) is 0 Å². The molecule has 0 aromatic heterocycles. The van der Waals surface area contributed by atoms with Gasteiger partial charge in [0, 0.05) is 13.1 Å². The number of carbonyl (C=O) groups excluding carboxylic acids is 2. The topological polar surface area (TPSA) is 92.8 Å². The number of aryl methyl sites for hydroxylation is 1. The first kappa shape index (κ1) is 22.2. The lowest BCUT2D eigenvalue weighted by Crippen LogP contribution is -2.31. The number of nitrogens with one attached hydrogen (secondary N) is 1. The molecule has 0 saturated carbocycles. The van der Waals surface area contributed by atoms with Crippen LogP contribution in [-0.2, 0) is 19.6 Å². The molecule has 0 radical (unpaired) electrons. The third-order valence-corrected chi connectivity index (χ3v) is 6.15. The van der Waals surface area contributed by atoms with Crippen LogP contribution in [0.4, 0.5) is 5.69 Å². The molecule has 29 heavy (non-hydrogen) atoms. The van der Waals surface area contributed by atoms with E-state index in [0.29, 0.717) is 11.3 Å². The lowest BCUT2D eigenvalue weighted by molar-refractivity contribution is -0.124. The molecule has 0 aliphatic heterocycles. The molecule has 0 bridgehead atoms. The van der Waals surface area contributed by atoms with Crippen molar-refractivity contribution in [3.05, 3.63) is 72.3 Å². The fraction of sp³-hybridized carbons (Fsp3) is 0.238. The van der Waals surface area contributed by atoms with Crippen LogP contribution in [0.25, 0.3) is 0 Å². The zero-order valence-electron chi connectivity index (χ0n) is 16.4. The molecule has 0 spiro atoms. The van der Waals surface area contributed by atoms with E-state index in [2.05, 4.69) is 11.9 Å². The number of hydrogen-bond acceptors (Lipinski definition) is 5. The molecule has 2 aromatic carbocycles. The molecule has 154 valence electrons. The molecule has 2 aromatic rings. The van der Waals surface area contributed by atoms with Crippen LogP contribution < -0.4 is 9.62 Å². The predicted octanol–water partition coefficient (Wildman–Crippen LogP) is 2.67. The minimum atomic E-state index is -3.90. The first-order valence-corrected chi connectivity index (χ1v) is 10.5. The summed E-state index contributed by atoms with van der Waals surface area (Å²) in [5.74, 6) is -1.25. The Hall–Kier alpha value is -3.13.